The molecule has 3 rings (SSSR count). The monoisotopic (exact) mass is 430 g/mol. The molecule has 3 amide bonds. The van der Waals surface area contributed by atoms with Crippen LogP contribution in [0.2, 0.25) is 0 Å². The second kappa shape index (κ2) is 10.6. The lowest BCUT2D eigenvalue weighted by atomic mass is 10.1. The predicted molar refractivity (Wildman–Crippen MR) is 121 cm³/mol. The molecule has 2 aliphatic rings. The lowest BCUT2D eigenvalue weighted by Crippen LogP contribution is -2.33. The average Bonchev–Trinajstić information content (AvgIpc) is 3.13. The third-order valence-corrected chi connectivity index (χ3v) is 6.69. The second-order valence-corrected chi connectivity index (χ2v) is 8.87. The van der Waals surface area contributed by atoms with Gasteiger partial charge in [-0.3, -0.25) is 14.4 Å². The highest BCUT2D eigenvalue weighted by molar-refractivity contribution is 8.15. The molecule has 0 aromatic heterocycles. The first-order valence-electron chi connectivity index (χ1n) is 10.7. The van der Waals surface area contributed by atoms with Crippen molar-refractivity contribution in [2.24, 2.45) is 4.99 Å². The minimum atomic E-state index is -0.466. The minimum Gasteiger partial charge on any atom is -0.351 e. The molecule has 1 aromatic carbocycles. The van der Waals surface area contributed by atoms with Gasteiger partial charge in [-0.15, -0.1) is 0 Å². The fourth-order valence-corrected chi connectivity index (χ4v) is 4.69. The summed E-state index contributed by atoms with van der Waals surface area (Å²) in [6.07, 6.45) is 5.30. The standard InChI is InChI=1S/C22H30N4O3S/c1-3-16(4-2)24-20(28)15-8-10-17(11-9-15)23-19(27)14-18-21(29)25-22(30-18)26-12-6-5-7-13-26/h8-11,16,18H,3-7,12-14H2,1-2H3,(H,23,27)(H,24,28). The van der Waals surface area contributed by atoms with E-state index in [1.807, 2.05) is 13.8 Å². The molecule has 2 aliphatic heterocycles. The fraction of sp³-hybridized carbons (Fsp3) is 0.545. The Balaban J connectivity index is 1.49. The number of benzene rings is 1. The highest BCUT2D eigenvalue weighted by atomic mass is 32.2. The van der Waals surface area contributed by atoms with Crippen LogP contribution in [0, 0.1) is 0 Å². The molecule has 0 bridgehead atoms. The largest absolute Gasteiger partial charge is 0.351 e. The van der Waals surface area contributed by atoms with Crippen LogP contribution < -0.4 is 10.6 Å². The number of anilines is 1. The van der Waals surface area contributed by atoms with Crippen molar-refractivity contribution >= 4 is 40.3 Å². The molecule has 8 heteroatoms. The molecule has 1 aromatic rings. The summed E-state index contributed by atoms with van der Waals surface area (Å²) in [7, 11) is 0. The molecule has 1 saturated heterocycles. The maximum absolute atomic E-state index is 12.4. The number of piperidine rings is 1. The summed E-state index contributed by atoms with van der Waals surface area (Å²) in [5.74, 6) is -0.578. The number of amidine groups is 1. The van der Waals surface area contributed by atoms with Gasteiger partial charge in [0.05, 0.1) is 0 Å². The molecular formula is C22H30N4O3S. The number of carbonyl (C=O) groups excluding carboxylic acids is 3. The van der Waals surface area contributed by atoms with Crippen molar-refractivity contribution in [3.05, 3.63) is 29.8 Å². The van der Waals surface area contributed by atoms with Crippen molar-refractivity contribution in [3.63, 3.8) is 0 Å². The number of nitrogens with zero attached hydrogens (tertiary/aromatic N) is 2. The van der Waals surface area contributed by atoms with Gasteiger partial charge in [0, 0.05) is 36.8 Å². The molecule has 2 heterocycles. The van der Waals surface area contributed by atoms with Crippen molar-refractivity contribution < 1.29 is 14.4 Å². The Kier molecular flexibility index (Phi) is 7.90. The second-order valence-electron chi connectivity index (χ2n) is 7.70. The third kappa shape index (κ3) is 5.84. The number of hydrogen-bond acceptors (Lipinski definition) is 5. The number of hydrogen-bond donors (Lipinski definition) is 2. The first-order valence-corrected chi connectivity index (χ1v) is 11.6. The Morgan fingerprint density at radius 2 is 1.80 bits per heavy atom. The average molecular weight is 431 g/mol. The third-order valence-electron chi connectivity index (χ3n) is 5.48. The summed E-state index contributed by atoms with van der Waals surface area (Å²) < 4.78 is 0. The van der Waals surface area contributed by atoms with E-state index in [-0.39, 0.29) is 30.2 Å². The van der Waals surface area contributed by atoms with Crippen LogP contribution in [0.15, 0.2) is 29.3 Å². The number of amides is 3. The maximum Gasteiger partial charge on any atom is 0.262 e. The summed E-state index contributed by atoms with van der Waals surface area (Å²) >= 11 is 1.39. The van der Waals surface area contributed by atoms with E-state index in [1.54, 1.807) is 24.3 Å². The number of thioether (sulfide) groups is 1. The maximum atomic E-state index is 12.4. The lowest BCUT2D eigenvalue weighted by Gasteiger charge is -2.27. The number of carbonyl (C=O) groups is 3. The summed E-state index contributed by atoms with van der Waals surface area (Å²) in [6, 6.07) is 6.97. The van der Waals surface area contributed by atoms with E-state index < -0.39 is 5.25 Å². The van der Waals surface area contributed by atoms with Gasteiger partial charge in [-0.2, -0.15) is 4.99 Å². The van der Waals surface area contributed by atoms with Crippen molar-refractivity contribution in [1.82, 2.24) is 10.2 Å². The Bertz CT molecular complexity index is 799. The van der Waals surface area contributed by atoms with Gasteiger partial charge in [0.1, 0.15) is 5.25 Å². The van der Waals surface area contributed by atoms with E-state index in [4.69, 9.17) is 0 Å². The van der Waals surface area contributed by atoms with Crippen molar-refractivity contribution in [2.45, 2.75) is 63.7 Å². The Morgan fingerprint density at radius 3 is 2.43 bits per heavy atom. The van der Waals surface area contributed by atoms with Crippen LogP contribution in [0.25, 0.3) is 0 Å². The molecule has 30 heavy (non-hydrogen) atoms. The normalized spacial score (nSPS) is 19.0. The molecule has 0 saturated carbocycles. The minimum absolute atomic E-state index is 0.0846. The van der Waals surface area contributed by atoms with Crippen LogP contribution in [0.1, 0.15) is 62.7 Å². The van der Waals surface area contributed by atoms with Crippen molar-refractivity contribution in [3.8, 4) is 0 Å². The smallest absolute Gasteiger partial charge is 0.262 e. The summed E-state index contributed by atoms with van der Waals surface area (Å²) in [6.45, 7) is 5.94. The van der Waals surface area contributed by atoms with Crippen LogP contribution in [-0.4, -0.2) is 52.2 Å². The SMILES string of the molecule is CCC(CC)NC(=O)c1ccc(NC(=O)CC2SC(N3CCCCC3)=NC2=O)cc1. The highest BCUT2D eigenvalue weighted by Crippen LogP contribution is 2.29. The quantitative estimate of drug-likeness (QED) is 0.692. The summed E-state index contributed by atoms with van der Waals surface area (Å²) in [5, 5.41) is 6.10. The first-order chi connectivity index (χ1) is 14.5. The van der Waals surface area contributed by atoms with Crippen molar-refractivity contribution in [1.29, 1.82) is 0 Å². The zero-order valence-corrected chi connectivity index (χ0v) is 18.5. The Hall–Kier alpha value is -2.35. The summed E-state index contributed by atoms with van der Waals surface area (Å²) in [4.78, 5) is 43.2. The summed E-state index contributed by atoms with van der Waals surface area (Å²) in [5.41, 5.74) is 1.16. The van der Waals surface area contributed by atoms with E-state index in [0.717, 1.165) is 43.9 Å². The number of likely N-dealkylation sites (tertiary alicyclic amines) is 1. The van der Waals surface area contributed by atoms with Gasteiger partial charge in [0.15, 0.2) is 5.17 Å². The molecule has 1 fully saturated rings. The van der Waals surface area contributed by atoms with Gasteiger partial charge in [0.2, 0.25) is 5.91 Å². The predicted octanol–water partition coefficient (Wildman–Crippen LogP) is 3.42. The van der Waals surface area contributed by atoms with Crippen molar-refractivity contribution in [2.75, 3.05) is 18.4 Å². The molecule has 0 aliphatic carbocycles. The van der Waals surface area contributed by atoms with Gasteiger partial charge in [0.25, 0.3) is 11.8 Å². The van der Waals surface area contributed by atoms with E-state index in [9.17, 15) is 14.4 Å². The van der Waals surface area contributed by atoms with E-state index >= 15 is 0 Å². The molecular weight excluding hydrogens is 400 g/mol. The fourth-order valence-electron chi connectivity index (χ4n) is 3.58. The number of rotatable bonds is 7. The van der Waals surface area contributed by atoms with Crippen LogP contribution in [0.4, 0.5) is 5.69 Å². The number of aliphatic imine (C=N–C) groups is 1. The van der Waals surface area contributed by atoms with Gasteiger partial charge in [-0.05, 0) is 56.4 Å². The van der Waals surface area contributed by atoms with E-state index in [1.165, 1.54) is 18.2 Å². The van der Waals surface area contributed by atoms with Crippen LogP contribution in [0.3, 0.4) is 0 Å². The Morgan fingerprint density at radius 1 is 1.13 bits per heavy atom. The molecule has 2 N–H and O–H groups in total. The van der Waals surface area contributed by atoms with Crippen LogP contribution in [-0.2, 0) is 9.59 Å². The van der Waals surface area contributed by atoms with E-state index in [2.05, 4.69) is 20.5 Å². The molecule has 7 nitrogen and oxygen atoms in total. The van der Waals surface area contributed by atoms with Gasteiger partial charge in [-0.1, -0.05) is 25.6 Å². The van der Waals surface area contributed by atoms with Gasteiger partial charge in [-0.25, -0.2) is 0 Å². The molecule has 1 atom stereocenters. The van der Waals surface area contributed by atoms with Gasteiger partial charge >= 0.3 is 0 Å². The first kappa shape index (κ1) is 22.3. The van der Waals surface area contributed by atoms with E-state index in [0.29, 0.717) is 11.3 Å². The molecule has 0 spiro atoms. The number of nitrogens with one attached hydrogen (secondary N) is 2. The van der Waals surface area contributed by atoms with Crippen LogP contribution in [0.5, 0.6) is 0 Å². The lowest BCUT2D eigenvalue weighted by molar-refractivity contribution is -0.121. The van der Waals surface area contributed by atoms with Gasteiger partial charge < -0.3 is 15.5 Å². The zero-order chi connectivity index (χ0) is 21.5. The molecule has 0 radical (unpaired) electrons. The Labute approximate surface area is 182 Å². The topological polar surface area (TPSA) is 90.9 Å². The zero-order valence-electron chi connectivity index (χ0n) is 17.6. The molecule has 1 unspecified atom stereocenters. The van der Waals surface area contributed by atoms with Crippen LogP contribution >= 0.6 is 11.8 Å². The molecule has 162 valence electrons. The highest BCUT2D eigenvalue weighted by Gasteiger charge is 2.33.